The number of para-hydroxylation sites is 5. The van der Waals surface area contributed by atoms with Gasteiger partial charge in [0.2, 0.25) is 0 Å². The standard InChI is InChI=1S/C50H32N2O/c1-3-18-35-33(15-1)17-13-29-42(35)51(46-27-11-12-28-47(46)52-43-24-8-5-20-37(43)38-21-6-9-25-44(38)52)45-26-10-7-22-39(45)40-23-14-30-48-49(40)41-32-31-34-16-2-4-19-36(34)50(41)53-48/h1-32H. The van der Waals surface area contributed by atoms with Crippen LogP contribution in [0.1, 0.15) is 0 Å². The minimum absolute atomic E-state index is 0.881. The van der Waals surface area contributed by atoms with Gasteiger partial charge in [-0.05, 0) is 64.9 Å². The van der Waals surface area contributed by atoms with Crippen molar-refractivity contribution in [3.05, 3.63) is 194 Å². The Balaban J connectivity index is 1.24. The molecule has 3 heteroatoms. The minimum Gasteiger partial charge on any atom is -0.455 e. The zero-order valence-corrected chi connectivity index (χ0v) is 28.8. The van der Waals surface area contributed by atoms with E-state index in [-0.39, 0.29) is 0 Å². The fraction of sp³-hybridized carbons (Fsp3) is 0. The molecule has 0 radical (unpaired) electrons. The van der Waals surface area contributed by atoms with Crippen LogP contribution in [0.15, 0.2) is 199 Å². The Morgan fingerprint density at radius 2 is 0.906 bits per heavy atom. The zero-order valence-electron chi connectivity index (χ0n) is 28.8. The third-order valence-corrected chi connectivity index (χ3v) is 10.8. The second-order valence-corrected chi connectivity index (χ2v) is 13.7. The summed E-state index contributed by atoms with van der Waals surface area (Å²) in [6, 6.07) is 69.8. The predicted octanol–water partition coefficient (Wildman–Crippen LogP) is 14.1. The molecule has 0 bridgehead atoms. The van der Waals surface area contributed by atoms with E-state index in [1.807, 2.05) is 0 Å². The van der Waals surface area contributed by atoms with Gasteiger partial charge in [-0.1, -0.05) is 146 Å². The molecule has 0 aliphatic heterocycles. The van der Waals surface area contributed by atoms with Gasteiger partial charge in [-0.3, -0.25) is 0 Å². The first-order valence-electron chi connectivity index (χ1n) is 18.1. The molecule has 0 fully saturated rings. The van der Waals surface area contributed by atoms with Gasteiger partial charge in [-0.15, -0.1) is 0 Å². The topological polar surface area (TPSA) is 21.3 Å². The lowest BCUT2D eigenvalue weighted by Crippen LogP contribution is -2.14. The van der Waals surface area contributed by atoms with Crippen LogP contribution in [0.4, 0.5) is 17.1 Å². The molecule has 0 spiro atoms. The van der Waals surface area contributed by atoms with E-state index in [0.717, 1.165) is 61.2 Å². The van der Waals surface area contributed by atoms with Gasteiger partial charge < -0.3 is 13.9 Å². The molecule has 0 aliphatic carbocycles. The smallest absolute Gasteiger partial charge is 0.143 e. The molecule has 2 aromatic heterocycles. The van der Waals surface area contributed by atoms with Gasteiger partial charge >= 0.3 is 0 Å². The van der Waals surface area contributed by atoms with E-state index in [1.54, 1.807) is 0 Å². The number of anilines is 3. The number of hydrogen-bond donors (Lipinski definition) is 0. The Labute approximate surface area is 306 Å². The van der Waals surface area contributed by atoms with Crippen LogP contribution in [-0.2, 0) is 0 Å². The highest BCUT2D eigenvalue weighted by Crippen LogP contribution is 2.48. The highest BCUT2D eigenvalue weighted by Gasteiger charge is 2.25. The van der Waals surface area contributed by atoms with Crippen molar-refractivity contribution in [1.29, 1.82) is 0 Å². The molecule has 11 aromatic rings. The first kappa shape index (κ1) is 29.6. The van der Waals surface area contributed by atoms with Crippen LogP contribution in [0, 0.1) is 0 Å². The van der Waals surface area contributed by atoms with Crippen LogP contribution in [0.3, 0.4) is 0 Å². The molecule has 0 N–H and O–H groups in total. The second kappa shape index (κ2) is 11.7. The molecule has 11 rings (SSSR count). The first-order chi connectivity index (χ1) is 26.3. The van der Waals surface area contributed by atoms with Gasteiger partial charge in [0.15, 0.2) is 0 Å². The van der Waals surface area contributed by atoms with Crippen molar-refractivity contribution in [2.45, 2.75) is 0 Å². The number of benzene rings is 9. The molecule has 0 atom stereocenters. The number of rotatable bonds is 5. The van der Waals surface area contributed by atoms with Gasteiger partial charge in [-0.2, -0.15) is 0 Å². The number of aromatic nitrogens is 1. The lowest BCUT2D eigenvalue weighted by molar-refractivity contribution is 0.673. The molecule has 0 unspecified atom stereocenters. The average Bonchev–Trinajstić information content (AvgIpc) is 3.78. The fourth-order valence-electron chi connectivity index (χ4n) is 8.49. The van der Waals surface area contributed by atoms with E-state index in [9.17, 15) is 0 Å². The minimum atomic E-state index is 0.881. The van der Waals surface area contributed by atoms with Gasteiger partial charge in [-0.25, -0.2) is 0 Å². The van der Waals surface area contributed by atoms with Gasteiger partial charge in [0, 0.05) is 37.9 Å². The molecule has 9 aromatic carbocycles. The normalized spacial score (nSPS) is 11.8. The molecule has 2 heterocycles. The number of furan rings is 1. The summed E-state index contributed by atoms with van der Waals surface area (Å²) in [6.07, 6.45) is 0. The molecule has 3 nitrogen and oxygen atoms in total. The maximum Gasteiger partial charge on any atom is 0.143 e. The number of hydrogen-bond acceptors (Lipinski definition) is 2. The zero-order chi connectivity index (χ0) is 34.9. The Hall–Kier alpha value is -7.10. The molecule has 53 heavy (non-hydrogen) atoms. The van der Waals surface area contributed by atoms with Crippen molar-refractivity contribution >= 4 is 82.4 Å². The SMILES string of the molecule is c1ccc(N(c2ccccc2-n2c3ccccc3c3ccccc32)c2cccc3ccccc23)c(-c2cccc3oc4c5ccccc5ccc4c23)c1. The fourth-order valence-corrected chi connectivity index (χ4v) is 8.49. The molecule has 0 saturated heterocycles. The van der Waals surface area contributed by atoms with E-state index in [1.165, 1.54) is 38.0 Å². The predicted molar refractivity (Wildman–Crippen MR) is 223 cm³/mol. The third-order valence-electron chi connectivity index (χ3n) is 10.8. The summed E-state index contributed by atoms with van der Waals surface area (Å²) in [5.74, 6) is 0. The van der Waals surface area contributed by atoms with Crippen LogP contribution in [0.25, 0.3) is 82.1 Å². The Morgan fingerprint density at radius 3 is 1.70 bits per heavy atom. The van der Waals surface area contributed by atoms with Crippen LogP contribution in [-0.4, -0.2) is 4.57 Å². The maximum atomic E-state index is 6.69. The molecular formula is C50H32N2O. The van der Waals surface area contributed by atoms with Gasteiger partial charge in [0.25, 0.3) is 0 Å². The highest BCUT2D eigenvalue weighted by atomic mass is 16.3. The number of nitrogens with zero attached hydrogens (tertiary/aromatic N) is 2. The molecule has 0 amide bonds. The maximum absolute atomic E-state index is 6.69. The summed E-state index contributed by atoms with van der Waals surface area (Å²) < 4.78 is 9.11. The first-order valence-corrected chi connectivity index (χ1v) is 18.1. The Bertz CT molecular complexity index is 3140. The van der Waals surface area contributed by atoms with Crippen LogP contribution in [0.2, 0.25) is 0 Å². The van der Waals surface area contributed by atoms with Crippen LogP contribution >= 0.6 is 0 Å². The largest absolute Gasteiger partial charge is 0.455 e. The van der Waals surface area contributed by atoms with E-state index < -0.39 is 0 Å². The average molecular weight is 677 g/mol. The van der Waals surface area contributed by atoms with Gasteiger partial charge in [0.1, 0.15) is 11.2 Å². The Kier molecular flexibility index (Phi) is 6.55. The van der Waals surface area contributed by atoms with Crippen molar-refractivity contribution in [3.8, 4) is 16.8 Å². The third kappa shape index (κ3) is 4.47. The molecule has 248 valence electrons. The van der Waals surface area contributed by atoms with Crippen molar-refractivity contribution in [2.75, 3.05) is 4.90 Å². The van der Waals surface area contributed by atoms with Crippen LogP contribution < -0.4 is 4.90 Å². The van der Waals surface area contributed by atoms with Gasteiger partial charge in [0.05, 0.1) is 33.8 Å². The quantitative estimate of drug-likeness (QED) is 0.181. The van der Waals surface area contributed by atoms with E-state index in [4.69, 9.17) is 4.42 Å². The highest BCUT2D eigenvalue weighted by molar-refractivity contribution is 6.20. The van der Waals surface area contributed by atoms with E-state index >= 15 is 0 Å². The summed E-state index contributed by atoms with van der Waals surface area (Å²) in [5.41, 5.74) is 10.8. The molecular weight excluding hydrogens is 645 g/mol. The lowest BCUT2D eigenvalue weighted by Gasteiger charge is -2.31. The van der Waals surface area contributed by atoms with E-state index in [0.29, 0.717) is 0 Å². The van der Waals surface area contributed by atoms with Crippen LogP contribution in [0.5, 0.6) is 0 Å². The lowest BCUT2D eigenvalue weighted by atomic mass is 9.95. The summed E-state index contributed by atoms with van der Waals surface area (Å²) in [6.45, 7) is 0. The molecule has 0 aliphatic rings. The summed E-state index contributed by atoms with van der Waals surface area (Å²) >= 11 is 0. The van der Waals surface area contributed by atoms with Crippen molar-refractivity contribution in [2.24, 2.45) is 0 Å². The van der Waals surface area contributed by atoms with Crippen molar-refractivity contribution in [1.82, 2.24) is 4.57 Å². The Morgan fingerprint density at radius 1 is 0.358 bits per heavy atom. The monoisotopic (exact) mass is 676 g/mol. The summed E-state index contributed by atoms with van der Waals surface area (Å²) in [7, 11) is 0. The second-order valence-electron chi connectivity index (χ2n) is 13.7. The van der Waals surface area contributed by atoms with Crippen molar-refractivity contribution < 1.29 is 4.42 Å². The molecule has 0 saturated carbocycles. The number of fused-ring (bicyclic) bond motifs is 9. The van der Waals surface area contributed by atoms with Crippen molar-refractivity contribution in [3.63, 3.8) is 0 Å². The summed E-state index contributed by atoms with van der Waals surface area (Å²) in [5, 5.41) is 9.38. The van der Waals surface area contributed by atoms with E-state index in [2.05, 4.69) is 204 Å². The summed E-state index contributed by atoms with van der Waals surface area (Å²) in [4.78, 5) is 2.47.